The number of Topliss-reactive ketones (excluding diaryl/α,β-unsaturated/α-hetero) is 1. The summed E-state index contributed by atoms with van der Waals surface area (Å²) in [5.41, 5.74) is 5.56. The lowest BCUT2D eigenvalue weighted by Gasteiger charge is -2.05. The molecule has 0 saturated carbocycles. The molecule has 0 spiro atoms. The lowest BCUT2D eigenvalue weighted by molar-refractivity contribution is -0.117. The van der Waals surface area contributed by atoms with E-state index in [0.717, 1.165) is 23.4 Å². The third kappa shape index (κ3) is 3.56. The van der Waals surface area contributed by atoms with Gasteiger partial charge in [0.25, 0.3) is 0 Å². The van der Waals surface area contributed by atoms with Crippen LogP contribution in [0.3, 0.4) is 0 Å². The number of hydrogen-bond acceptors (Lipinski definition) is 2. The summed E-state index contributed by atoms with van der Waals surface area (Å²) in [6.07, 6.45) is 1.85. The van der Waals surface area contributed by atoms with Crippen LogP contribution in [0.25, 0.3) is 0 Å². The smallest absolute Gasteiger partial charge is 0.143 e. The monoisotopic (exact) mass is 270 g/mol. The molecule has 0 fully saturated rings. The summed E-state index contributed by atoms with van der Waals surface area (Å²) in [6.45, 7) is 6.20. The summed E-state index contributed by atoms with van der Waals surface area (Å²) < 4.78 is 1.82. The van der Waals surface area contributed by atoms with Gasteiger partial charge < -0.3 is 0 Å². The summed E-state index contributed by atoms with van der Waals surface area (Å²) in [6, 6.07) is 8.33. The SMILES string of the molecule is CCc1cc(CC(=O)Cc2cc(C)cc(C)c2)n(C)n1. The molecule has 0 aliphatic heterocycles. The highest BCUT2D eigenvalue weighted by molar-refractivity contribution is 5.82. The first-order valence-electron chi connectivity index (χ1n) is 7.08. The molecule has 0 atom stereocenters. The van der Waals surface area contributed by atoms with Crippen LogP contribution >= 0.6 is 0 Å². The number of benzene rings is 1. The van der Waals surface area contributed by atoms with Crippen LogP contribution in [0.4, 0.5) is 0 Å². The van der Waals surface area contributed by atoms with Gasteiger partial charge in [0.15, 0.2) is 0 Å². The minimum absolute atomic E-state index is 0.237. The Bertz CT molecular complexity index is 606. The van der Waals surface area contributed by atoms with Gasteiger partial charge >= 0.3 is 0 Å². The fourth-order valence-corrected chi connectivity index (χ4v) is 2.57. The average Bonchev–Trinajstić information content (AvgIpc) is 2.68. The number of carbonyl (C=O) groups excluding carboxylic acids is 1. The molecule has 1 aromatic carbocycles. The minimum atomic E-state index is 0.237. The molecule has 1 aromatic heterocycles. The molecular formula is C17H22N2O. The van der Waals surface area contributed by atoms with E-state index in [1.165, 1.54) is 11.1 Å². The van der Waals surface area contributed by atoms with Gasteiger partial charge in [-0.05, 0) is 31.9 Å². The maximum atomic E-state index is 12.2. The molecule has 0 radical (unpaired) electrons. The number of ketones is 1. The molecule has 0 bridgehead atoms. The highest BCUT2D eigenvalue weighted by Crippen LogP contribution is 2.12. The zero-order chi connectivity index (χ0) is 14.7. The molecule has 0 N–H and O–H groups in total. The van der Waals surface area contributed by atoms with Crippen molar-refractivity contribution in [3.8, 4) is 0 Å². The Morgan fingerprint density at radius 1 is 1.10 bits per heavy atom. The second-order valence-corrected chi connectivity index (χ2v) is 5.49. The molecule has 1 heterocycles. The second-order valence-electron chi connectivity index (χ2n) is 5.49. The average molecular weight is 270 g/mol. The van der Waals surface area contributed by atoms with Gasteiger partial charge in [-0.15, -0.1) is 0 Å². The third-order valence-electron chi connectivity index (χ3n) is 3.45. The van der Waals surface area contributed by atoms with Crippen molar-refractivity contribution in [2.75, 3.05) is 0 Å². The Balaban J connectivity index is 2.06. The lowest BCUT2D eigenvalue weighted by atomic mass is 10.0. The van der Waals surface area contributed by atoms with E-state index in [1.807, 2.05) is 17.8 Å². The second kappa shape index (κ2) is 6.04. The van der Waals surface area contributed by atoms with E-state index in [2.05, 4.69) is 44.1 Å². The van der Waals surface area contributed by atoms with Gasteiger partial charge in [0.2, 0.25) is 0 Å². The number of rotatable bonds is 5. The molecule has 2 rings (SSSR count). The van der Waals surface area contributed by atoms with Crippen LogP contribution in [0.2, 0.25) is 0 Å². The van der Waals surface area contributed by atoms with Gasteiger partial charge in [-0.3, -0.25) is 9.48 Å². The topological polar surface area (TPSA) is 34.9 Å². The Hall–Kier alpha value is -1.90. The molecule has 3 nitrogen and oxygen atoms in total. The van der Waals surface area contributed by atoms with Crippen molar-refractivity contribution in [2.24, 2.45) is 7.05 Å². The van der Waals surface area contributed by atoms with Crippen molar-refractivity contribution in [3.05, 3.63) is 52.3 Å². The molecule has 0 amide bonds. The maximum absolute atomic E-state index is 12.2. The third-order valence-corrected chi connectivity index (χ3v) is 3.45. The minimum Gasteiger partial charge on any atom is -0.299 e. The van der Waals surface area contributed by atoms with Gasteiger partial charge in [0.1, 0.15) is 5.78 Å². The fraction of sp³-hybridized carbons (Fsp3) is 0.412. The van der Waals surface area contributed by atoms with Crippen LogP contribution in [0.15, 0.2) is 24.3 Å². The van der Waals surface area contributed by atoms with Crippen LogP contribution in [0, 0.1) is 13.8 Å². The molecule has 3 heteroatoms. The largest absolute Gasteiger partial charge is 0.299 e. The lowest BCUT2D eigenvalue weighted by Crippen LogP contribution is -2.10. The van der Waals surface area contributed by atoms with Crippen LogP contribution in [-0.4, -0.2) is 15.6 Å². The molecule has 0 aliphatic rings. The predicted molar refractivity (Wildman–Crippen MR) is 80.9 cm³/mol. The predicted octanol–water partition coefficient (Wildman–Crippen LogP) is 2.95. The van der Waals surface area contributed by atoms with Gasteiger partial charge in [0, 0.05) is 25.6 Å². The van der Waals surface area contributed by atoms with E-state index in [0.29, 0.717) is 12.8 Å². The first-order chi connectivity index (χ1) is 9.47. The van der Waals surface area contributed by atoms with E-state index in [9.17, 15) is 4.79 Å². The normalized spacial score (nSPS) is 10.8. The number of aromatic nitrogens is 2. The molecular weight excluding hydrogens is 248 g/mol. The number of hydrogen-bond donors (Lipinski definition) is 0. The van der Waals surface area contributed by atoms with Crippen LogP contribution in [0.5, 0.6) is 0 Å². The first-order valence-corrected chi connectivity index (χ1v) is 7.08. The van der Waals surface area contributed by atoms with E-state index < -0.39 is 0 Å². The van der Waals surface area contributed by atoms with Crippen molar-refractivity contribution in [1.82, 2.24) is 9.78 Å². The van der Waals surface area contributed by atoms with E-state index >= 15 is 0 Å². The van der Waals surface area contributed by atoms with Gasteiger partial charge in [-0.2, -0.15) is 5.10 Å². The number of carbonyl (C=O) groups is 1. The number of aryl methyl sites for hydroxylation is 4. The first kappa shape index (κ1) is 14.5. The molecule has 0 saturated heterocycles. The highest BCUT2D eigenvalue weighted by Gasteiger charge is 2.10. The van der Waals surface area contributed by atoms with Crippen molar-refractivity contribution in [1.29, 1.82) is 0 Å². The molecule has 2 aromatic rings. The zero-order valence-electron chi connectivity index (χ0n) is 12.7. The highest BCUT2D eigenvalue weighted by atomic mass is 16.1. The van der Waals surface area contributed by atoms with Crippen molar-refractivity contribution < 1.29 is 4.79 Å². The van der Waals surface area contributed by atoms with Crippen LogP contribution in [0.1, 0.15) is 35.0 Å². The van der Waals surface area contributed by atoms with Gasteiger partial charge in [-0.25, -0.2) is 0 Å². The summed E-state index contributed by atoms with van der Waals surface area (Å²) in [5.74, 6) is 0.237. The maximum Gasteiger partial charge on any atom is 0.143 e. The fourth-order valence-electron chi connectivity index (χ4n) is 2.57. The Morgan fingerprint density at radius 2 is 1.75 bits per heavy atom. The van der Waals surface area contributed by atoms with Crippen LogP contribution in [-0.2, 0) is 31.1 Å². The van der Waals surface area contributed by atoms with E-state index in [4.69, 9.17) is 0 Å². The summed E-state index contributed by atoms with van der Waals surface area (Å²) in [4.78, 5) is 12.2. The standard InChI is InChI=1S/C17H22N2O/c1-5-15-10-16(19(4)18-15)11-17(20)9-14-7-12(2)6-13(3)8-14/h6-8,10H,5,9,11H2,1-4H3. The Morgan fingerprint density at radius 3 is 2.30 bits per heavy atom. The van der Waals surface area contributed by atoms with E-state index in [1.54, 1.807) is 0 Å². The molecule has 106 valence electrons. The van der Waals surface area contributed by atoms with E-state index in [-0.39, 0.29) is 5.78 Å². The zero-order valence-corrected chi connectivity index (χ0v) is 12.7. The van der Waals surface area contributed by atoms with Crippen molar-refractivity contribution >= 4 is 5.78 Å². The molecule has 0 aliphatic carbocycles. The summed E-state index contributed by atoms with van der Waals surface area (Å²) in [7, 11) is 1.90. The summed E-state index contributed by atoms with van der Waals surface area (Å²) in [5, 5.41) is 4.38. The Kier molecular flexibility index (Phi) is 4.38. The van der Waals surface area contributed by atoms with Crippen molar-refractivity contribution in [2.45, 2.75) is 40.0 Å². The van der Waals surface area contributed by atoms with Gasteiger partial charge in [-0.1, -0.05) is 36.2 Å². The molecule has 0 unspecified atom stereocenters. The van der Waals surface area contributed by atoms with Crippen molar-refractivity contribution in [3.63, 3.8) is 0 Å². The van der Waals surface area contributed by atoms with Gasteiger partial charge in [0.05, 0.1) is 5.69 Å². The molecule has 20 heavy (non-hydrogen) atoms. The summed E-state index contributed by atoms with van der Waals surface area (Å²) >= 11 is 0. The van der Waals surface area contributed by atoms with Crippen LogP contribution < -0.4 is 0 Å². The number of nitrogens with zero attached hydrogens (tertiary/aromatic N) is 2. The quantitative estimate of drug-likeness (QED) is 0.837. The Labute approximate surface area is 120 Å².